The molecule has 8 nitrogen and oxygen atoms in total. The number of esters is 1. The van der Waals surface area contributed by atoms with Crippen LogP contribution in [0.1, 0.15) is 38.5 Å². The average molecular weight is 415 g/mol. The highest BCUT2D eigenvalue weighted by Crippen LogP contribution is 2.60. The molecule has 4 aliphatic carbocycles. The third-order valence-corrected chi connectivity index (χ3v) is 7.57. The van der Waals surface area contributed by atoms with Crippen LogP contribution in [-0.4, -0.2) is 28.4 Å². The van der Waals surface area contributed by atoms with Crippen molar-refractivity contribution in [3.63, 3.8) is 0 Å². The highest BCUT2D eigenvalue weighted by molar-refractivity contribution is 7.22. The Bertz CT molecular complexity index is 981. The fourth-order valence-electron chi connectivity index (χ4n) is 5.88. The molecule has 4 bridgehead atoms. The summed E-state index contributed by atoms with van der Waals surface area (Å²) in [7, 11) is 0. The lowest BCUT2D eigenvalue weighted by Crippen LogP contribution is -2.50. The van der Waals surface area contributed by atoms with Crippen molar-refractivity contribution in [3.8, 4) is 0 Å². The van der Waals surface area contributed by atoms with E-state index in [1.807, 2.05) is 0 Å². The maximum absolute atomic E-state index is 12.8. The molecule has 29 heavy (non-hydrogen) atoms. The van der Waals surface area contributed by atoms with E-state index in [1.165, 1.54) is 31.4 Å². The largest absolute Gasteiger partial charge is 0.455 e. The molecule has 0 aliphatic heterocycles. The minimum atomic E-state index is -0.471. The van der Waals surface area contributed by atoms with E-state index in [1.54, 1.807) is 6.07 Å². The maximum atomic E-state index is 12.8. The van der Waals surface area contributed by atoms with Crippen LogP contribution in [0, 0.1) is 33.3 Å². The van der Waals surface area contributed by atoms with Gasteiger partial charge in [0.1, 0.15) is 0 Å². The number of benzene rings is 1. The molecule has 0 atom stereocenters. The first-order chi connectivity index (χ1) is 13.9. The summed E-state index contributed by atoms with van der Waals surface area (Å²) in [6.45, 7) is -0.337. The molecule has 0 radical (unpaired) electrons. The summed E-state index contributed by atoms with van der Waals surface area (Å²) in [6.07, 6.45) is 6.41. The number of amides is 1. The number of fused-ring (bicyclic) bond motifs is 1. The number of rotatable bonds is 5. The van der Waals surface area contributed by atoms with Gasteiger partial charge in [-0.2, -0.15) is 0 Å². The van der Waals surface area contributed by atoms with Crippen LogP contribution in [0.15, 0.2) is 18.2 Å². The van der Waals surface area contributed by atoms with E-state index in [9.17, 15) is 19.7 Å². The fraction of sp³-hybridized carbons (Fsp3) is 0.550. The van der Waals surface area contributed by atoms with Gasteiger partial charge in [0.05, 0.1) is 20.6 Å². The Morgan fingerprint density at radius 2 is 1.86 bits per heavy atom. The second kappa shape index (κ2) is 6.76. The van der Waals surface area contributed by atoms with Crippen molar-refractivity contribution in [3.05, 3.63) is 28.3 Å². The SMILES string of the molecule is O=C(COC(=O)C12CC3CC(CC(C3)C1)C2)Nc1nc2ccc([N+](=O)[O-])cc2s1. The zero-order chi connectivity index (χ0) is 20.2. The summed E-state index contributed by atoms with van der Waals surface area (Å²) in [4.78, 5) is 39.7. The number of aromatic nitrogens is 1. The molecule has 1 aromatic heterocycles. The summed E-state index contributed by atoms with van der Waals surface area (Å²) >= 11 is 1.15. The Balaban J connectivity index is 1.21. The second-order valence-electron chi connectivity index (χ2n) is 8.75. The Labute approximate surface area is 170 Å². The first-order valence-electron chi connectivity index (χ1n) is 9.92. The van der Waals surface area contributed by atoms with E-state index in [4.69, 9.17) is 4.74 Å². The van der Waals surface area contributed by atoms with Crippen molar-refractivity contribution in [2.45, 2.75) is 38.5 Å². The Hall–Kier alpha value is -2.55. The predicted molar refractivity (Wildman–Crippen MR) is 106 cm³/mol. The zero-order valence-corrected chi connectivity index (χ0v) is 16.6. The molecule has 1 amide bonds. The highest BCUT2D eigenvalue weighted by Gasteiger charge is 2.55. The normalized spacial score (nSPS) is 29.7. The highest BCUT2D eigenvalue weighted by atomic mass is 32.1. The molecule has 4 fully saturated rings. The third-order valence-electron chi connectivity index (χ3n) is 6.63. The molecule has 6 rings (SSSR count). The van der Waals surface area contributed by atoms with Crippen LogP contribution >= 0.6 is 11.3 Å². The maximum Gasteiger partial charge on any atom is 0.312 e. The lowest BCUT2D eigenvalue weighted by molar-refractivity contribution is -0.384. The number of nitro benzene ring substituents is 1. The van der Waals surface area contributed by atoms with Gasteiger partial charge in [-0.05, 0) is 62.3 Å². The van der Waals surface area contributed by atoms with Gasteiger partial charge in [0.25, 0.3) is 11.6 Å². The van der Waals surface area contributed by atoms with Crippen molar-refractivity contribution >= 4 is 44.2 Å². The van der Waals surface area contributed by atoms with Gasteiger partial charge in [0, 0.05) is 12.1 Å². The third kappa shape index (κ3) is 3.37. The van der Waals surface area contributed by atoms with Crippen LogP contribution in [-0.2, 0) is 14.3 Å². The number of nitro groups is 1. The van der Waals surface area contributed by atoms with E-state index < -0.39 is 10.8 Å². The van der Waals surface area contributed by atoms with E-state index in [-0.39, 0.29) is 23.7 Å². The topological polar surface area (TPSA) is 111 Å². The number of ether oxygens (including phenoxy) is 1. The van der Waals surface area contributed by atoms with Crippen molar-refractivity contribution in [2.75, 3.05) is 11.9 Å². The summed E-state index contributed by atoms with van der Waals surface area (Å²) in [5, 5.41) is 13.8. The van der Waals surface area contributed by atoms with Crippen LogP contribution in [0.2, 0.25) is 0 Å². The molecule has 9 heteroatoms. The Morgan fingerprint density at radius 1 is 1.21 bits per heavy atom. The van der Waals surface area contributed by atoms with Crippen LogP contribution < -0.4 is 5.32 Å². The number of hydrogen-bond acceptors (Lipinski definition) is 7. The summed E-state index contributed by atoms with van der Waals surface area (Å²) in [5.41, 5.74) is 0.161. The van der Waals surface area contributed by atoms with Crippen LogP contribution in [0.3, 0.4) is 0 Å². The molecule has 4 saturated carbocycles. The molecule has 0 saturated heterocycles. The van der Waals surface area contributed by atoms with E-state index in [0.717, 1.165) is 30.6 Å². The number of nitrogens with one attached hydrogen (secondary N) is 1. The lowest BCUT2D eigenvalue weighted by atomic mass is 9.49. The number of anilines is 1. The molecular formula is C20H21N3O5S. The number of hydrogen-bond donors (Lipinski definition) is 1. The number of nitrogens with zero attached hydrogens (tertiary/aromatic N) is 2. The monoisotopic (exact) mass is 415 g/mol. The van der Waals surface area contributed by atoms with Crippen LogP contribution in [0.5, 0.6) is 0 Å². The van der Waals surface area contributed by atoms with E-state index in [0.29, 0.717) is 33.1 Å². The Morgan fingerprint density at radius 3 is 2.48 bits per heavy atom. The van der Waals surface area contributed by atoms with Gasteiger partial charge in [-0.3, -0.25) is 25.0 Å². The molecule has 1 N–H and O–H groups in total. The second-order valence-corrected chi connectivity index (χ2v) is 9.78. The first kappa shape index (κ1) is 18.5. The Kier molecular flexibility index (Phi) is 4.31. The summed E-state index contributed by atoms with van der Waals surface area (Å²) in [6, 6.07) is 4.35. The minimum absolute atomic E-state index is 0.0245. The van der Waals surface area contributed by atoms with Gasteiger partial charge in [-0.25, -0.2) is 4.98 Å². The molecule has 0 unspecified atom stereocenters. The average Bonchev–Trinajstić information content (AvgIpc) is 3.06. The predicted octanol–water partition coefficient (Wildman–Crippen LogP) is 3.90. The van der Waals surface area contributed by atoms with Crippen molar-refractivity contribution < 1.29 is 19.2 Å². The lowest BCUT2D eigenvalue weighted by Gasteiger charge is -2.55. The minimum Gasteiger partial charge on any atom is -0.455 e. The van der Waals surface area contributed by atoms with Gasteiger partial charge in [-0.1, -0.05) is 11.3 Å². The van der Waals surface area contributed by atoms with E-state index >= 15 is 0 Å². The zero-order valence-electron chi connectivity index (χ0n) is 15.8. The van der Waals surface area contributed by atoms with Gasteiger partial charge in [0.15, 0.2) is 11.7 Å². The van der Waals surface area contributed by atoms with Gasteiger partial charge < -0.3 is 4.74 Å². The molecule has 152 valence electrons. The number of carbonyl (C=O) groups excluding carboxylic acids is 2. The van der Waals surface area contributed by atoms with Crippen molar-refractivity contribution in [1.29, 1.82) is 0 Å². The smallest absolute Gasteiger partial charge is 0.312 e. The van der Waals surface area contributed by atoms with E-state index in [2.05, 4.69) is 10.3 Å². The van der Waals surface area contributed by atoms with Crippen LogP contribution in [0.25, 0.3) is 10.2 Å². The quantitative estimate of drug-likeness (QED) is 0.450. The van der Waals surface area contributed by atoms with Gasteiger partial charge in [0.2, 0.25) is 0 Å². The molecular weight excluding hydrogens is 394 g/mol. The fourth-order valence-corrected chi connectivity index (χ4v) is 6.80. The van der Waals surface area contributed by atoms with Crippen molar-refractivity contribution in [1.82, 2.24) is 4.98 Å². The summed E-state index contributed by atoms with van der Waals surface area (Å²) < 4.78 is 6.03. The van der Waals surface area contributed by atoms with Gasteiger partial charge >= 0.3 is 5.97 Å². The first-order valence-corrected chi connectivity index (χ1v) is 10.7. The number of non-ortho nitro benzene ring substituents is 1. The number of thiazole rings is 1. The molecule has 0 spiro atoms. The van der Waals surface area contributed by atoms with Crippen LogP contribution in [0.4, 0.5) is 10.8 Å². The molecule has 1 aromatic carbocycles. The summed E-state index contributed by atoms with van der Waals surface area (Å²) in [5.74, 6) is 1.22. The molecule has 2 aromatic rings. The van der Waals surface area contributed by atoms with Gasteiger partial charge in [-0.15, -0.1) is 0 Å². The molecule has 1 heterocycles. The number of carbonyl (C=O) groups is 2. The van der Waals surface area contributed by atoms with Crippen molar-refractivity contribution in [2.24, 2.45) is 23.2 Å². The molecule has 4 aliphatic rings. The standard InChI is InChI=1S/C20H21N3O5S/c24-17(22-19-21-15-2-1-14(23(26)27)6-16(15)29-19)10-28-18(25)20-7-11-3-12(8-20)5-13(4-11)9-20/h1-2,6,11-13H,3-5,7-10H2,(H,21,22,24).